The molecule has 0 spiro atoms. The second kappa shape index (κ2) is 7.36. The Hall–Kier alpha value is -1.99. The van der Waals surface area contributed by atoms with Gasteiger partial charge in [0.1, 0.15) is 0 Å². The van der Waals surface area contributed by atoms with Crippen LogP contribution in [0.4, 0.5) is 5.69 Å². The van der Waals surface area contributed by atoms with Gasteiger partial charge in [0, 0.05) is 32.2 Å². The predicted molar refractivity (Wildman–Crippen MR) is 74.1 cm³/mol. The number of anilines is 1. The van der Waals surface area contributed by atoms with E-state index in [0.29, 0.717) is 6.54 Å². The monoisotopic (exact) mass is 245 g/mol. The van der Waals surface area contributed by atoms with Crippen LogP contribution >= 0.6 is 0 Å². The zero-order valence-electron chi connectivity index (χ0n) is 10.6. The Morgan fingerprint density at radius 1 is 1.50 bits per heavy atom. The number of nitrogens with two attached hydrogens (primary N) is 1. The Balaban J connectivity index is 2.30. The van der Waals surface area contributed by atoms with E-state index in [1.807, 2.05) is 37.4 Å². The minimum atomic E-state index is -0.614. The molecular weight excluding hydrogens is 226 g/mol. The summed E-state index contributed by atoms with van der Waals surface area (Å²) in [6, 6.07) is 9.35. The standard InChI is InChI=1S/C14H19N3O/c1-3-7-13(15)14(18)16-10-11-17(2)12-8-5-4-6-9-12/h1,4-6,8-9,13H,7,10-11,15H2,2H3,(H,16,18). The summed E-state index contributed by atoms with van der Waals surface area (Å²) in [6.07, 6.45) is 5.37. The summed E-state index contributed by atoms with van der Waals surface area (Å²) in [5.74, 6) is 2.18. The molecule has 4 nitrogen and oxygen atoms in total. The molecule has 0 saturated heterocycles. The summed E-state index contributed by atoms with van der Waals surface area (Å²) in [5.41, 5.74) is 6.70. The van der Waals surface area contributed by atoms with Gasteiger partial charge in [-0.05, 0) is 12.1 Å². The van der Waals surface area contributed by atoms with Crippen LogP contribution in [0.15, 0.2) is 30.3 Å². The molecule has 0 heterocycles. The fourth-order valence-corrected chi connectivity index (χ4v) is 1.51. The van der Waals surface area contributed by atoms with E-state index >= 15 is 0 Å². The maximum absolute atomic E-state index is 11.5. The van der Waals surface area contributed by atoms with Crippen molar-refractivity contribution in [1.82, 2.24) is 5.32 Å². The molecule has 0 saturated carbocycles. The van der Waals surface area contributed by atoms with Crippen LogP contribution in [0.2, 0.25) is 0 Å². The van der Waals surface area contributed by atoms with E-state index in [2.05, 4.69) is 16.1 Å². The maximum Gasteiger partial charge on any atom is 0.237 e. The summed E-state index contributed by atoms with van der Waals surface area (Å²) in [4.78, 5) is 13.6. The van der Waals surface area contributed by atoms with E-state index in [1.165, 1.54) is 0 Å². The molecule has 0 bridgehead atoms. The van der Waals surface area contributed by atoms with E-state index in [1.54, 1.807) is 0 Å². The molecule has 0 aromatic heterocycles. The summed E-state index contributed by atoms with van der Waals surface area (Å²) in [5, 5.41) is 2.77. The minimum absolute atomic E-state index is 0.200. The molecule has 0 aliphatic heterocycles. The third kappa shape index (κ3) is 4.48. The van der Waals surface area contributed by atoms with Crippen molar-refractivity contribution in [1.29, 1.82) is 0 Å². The van der Waals surface area contributed by atoms with E-state index < -0.39 is 6.04 Å². The highest BCUT2D eigenvalue weighted by atomic mass is 16.2. The molecule has 1 unspecified atom stereocenters. The van der Waals surface area contributed by atoms with Gasteiger partial charge in [0.05, 0.1) is 6.04 Å². The average molecular weight is 245 g/mol. The van der Waals surface area contributed by atoms with Crippen molar-refractivity contribution in [2.75, 3.05) is 25.0 Å². The first kappa shape index (κ1) is 14.1. The molecule has 1 aromatic carbocycles. The van der Waals surface area contributed by atoms with Crippen molar-refractivity contribution < 1.29 is 4.79 Å². The van der Waals surface area contributed by atoms with Gasteiger partial charge >= 0.3 is 0 Å². The van der Waals surface area contributed by atoms with Crippen LogP contribution in [-0.4, -0.2) is 32.1 Å². The van der Waals surface area contributed by atoms with Gasteiger partial charge in [0.25, 0.3) is 0 Å². The van der Waals surface area contributed by atoms with Crippen LogP contribution in [-0.2, 0) is 4.79 Å². The van der Waals surface area contributed by atoms with Crippen LogP contribution in [0.25, 0.3) is 0 Å². The van der Waals surface area contributed by atoms with E-state index in [4.69, 9.17) is 12.2 Å². The first-order valence-corrected chi connectivity index (χ1v) is 5.88. The lowest BCUT2D eigenvalue weighted by Crippen LogP contribution is -2.43. The lowest BCUT2D eigenvalue weighted by Gasteiger charge is -2.19. The zero-order chi connectivity index (χ0) is 13.4. The van der Waals surface area contributed by atoms with Crippen LogP contribution in [0.1, 0.15) is 6.42 Å². The lowest BCUT2D eigenvalue weighted by atomic mass is 10.2. The number of hydrogen-bond acceptors (Lipinski definition) is 3. The third-order valence-electron chi connectivity index (χ3n) is 2.62. The van der Waals surface area contributed by atoms with Gasteiger partial charge in [-0.1, -0.05) is 18.2 Å². The molecule has 0 aliphatic carbocycles. The van der Waals surface area contributed by atoms with Crippen LogP contribution in [0, 0.1) is 12.3 Å². The first-order valence-electron chi connectivity index (χ1n) is 5.88. The SMILES string of the molecule is C#CCC(N)C(=O)NCCN(C)c1ccccc1. The molecule has 0 radical (unpaired) electrons. The second-order valence-corrected chi connectivity index (χ2v) is 4.06. The lowest BCUT2D eigenvalue weighted by molar-refractivity contribution is -0.122. The fraction of sp³-hybridized carbons (Fsp3) is 0.357. The molecule has 1 amide bonds. The third-order valence-corrected chi connectivity index (χ3v) is 2.62. The van der Waals surface area contributed by atoms with Gasteiger partial charge in [0.2, 0.25) is 5.91 Å². The molecule has 3 N–H and O–H groups in total. The number of terminal acetylenes is 1. The average Bonchev–Trinajstić information content (AvgIpc) is 2.39. The highest BCUT2D eigenvalue weighted by Gasteiger charge is 2.11. The molecule has 18 heavy (non-hydrogen) atoms. The van der Waals surface area contributed by atoms with E-state index in [-0.39, 0.29) is 12.3 Å². The summed E-state index contributed by atoms with van der Waals surface area (Å²) in [7, 11) is 1.98. The Labute approximate surface area is 108 Å². The highest BCUT2D eigenvalue weighted by Crippen LogP contribution is 2.09. The Kier molecular flexibility index (Phi) is 5.75. The molecule has 0 aliphatic rings. The van der Waals surface area contributed by atoms with E-state index in [0.717, 1.165) is 12.2 Å². The number of carbonyl (C=O) groups excluding carboxylic acids is 1. The number of carbonyl (C=O) groups is 1. The van der Waals surface area contributed by atoms with Crippen LogP contribution in [0.5, 0.6) is 0 Å². The molecule has 0 fully saturated rings. The van der Waals surface area contributed by atoms with Crippen molar-refractivity contribution in [3.8, 4) is 12.3 Å². The quantitative estimate of drug-likeness (QED) is 0.721. The van der Waals surface area contributed by atoms with E-state index in [9.17, 15) is 4.79 Å². The molecule has 1 atom stereocenters. The molecular formula is C14H19N3O. The molecule has 1 rings (SSSR count). The normalized spacial score (nSPS) is 11.4. The highest BCUT2D eigenvalue weighted by molar-refractivity contribution is 5.81. The number of benzene rings is 1. The van der Waals surface area contributed by atoms with Crippen LogP contribution < -0.4 is 16.0 Å². The van der Waals surface area contributed by atoms with Crippen molar-refractivity contribution in [3.63, 3.8) is 0 Å². The number of rotatable bonds is 6. The second-order valence-electron chi connectivity index (χ2n) is 4.06. The zero-order valence-corrected chi connectivity index (χ0v) is 10.6. The molecule has 96 valence electrons. The number of amides is 1. The maximum atomic E-state index is 11.5. The number of para-hydroxylation sites is 1. The first-order chi connectivity index (χ1) is 8.65. The van der Waals surface area contributed by atoms with Gasteiger partial charge in [0.15, 0.2) is 0 Å². The number of hydrogen-bond donors (Lipinski definition) is 2. The Morgan fingerprint density at radius 2 is 2.17 bits per heavy atom. The summed E-state index contributed by atoms with van der Waals surface area (Å²) < 4.78 is 0. The minimum Gasteiger partial charge on any atom is -0.373 e. The van der Waals surface area contributed by atoms with Gasteiger partial charge in [-0.3, -0.25) is 4.79 Å². The summed E-state index contributed by atoms with van der Waals surface area (Å²) >= 11 is 0. The van der Waals surface area contributed by atoms with Crippen molar-refractivity contribution in [2.24, 2.45) is 5.73 Å². The number of likely N-dealkylation sites (N-methyl/N-ethyl adjacent to an activating group) is 1. The smallest absolute Gasteiger partial charge is 0.237 e. The van der Waals surface area contributed by atoms with Gasteiger partial charge in [-0.2, -0.15) is 0 Å². The van der Waals surface area contributed by atoms with Gasteiger partial charge in [-0.15, -0.1) is 12.3 Å². The summed E-state index contributed by atoms with van der Waals surface area (Å²) in [6.45, 7) is 1.26. The molecule has 4 heteroatoms. The van der Waals surface area contributed by atoms with Crippen LogP contribution in [0.3, 0.4) is 0 Å². The van der Waals surface area contributed by atoms with Crippen molar-refractivity contribution in [3.05, 3.63) is 30.3 Å². The van der Waals surface area contributed by atoms with Gasteiger partial charge in [-0.25, -0.2) is 0 Å². The van der Waals surface area contributed by atoms with Crippen molar-refractivity contribution >= 4 is 11.6 Å². The Bertz CT molecular complexity index is 411. The Morgan fingerprint density at radius 3 is 2.78 bits per heavy atom. The predicted octanol–water partition coefficient (Wildman–Crippen LogP) is 0.590. The number of nitrogens with zero attached hydrogens (tertiary/aromatic N) is 1. The largest absolute Gasteiger partial charge is 0.373 e. The van der Waals surface area contributed by atoms with Gasteiger partial charge < -0.3 is 16.0 Å². The van der Waals surface area contributed by atoms with Crippen molar-refractivity contribution in [2.45, 2.75) is 12.5 Å². The fourth-order valence-electron chi connectivity index (χ4n) is 1.51. The number of nitrogens with one attached hydrogen (secondary N) is 1. The molecule has 1 aromatic rings. The topological polar surface area (TPSA) is 58.4 Å².